The van der Waals surface area contributed by atoms with Crippen LogP contribution in [0.1, 0.15) is 11.1 Å². The second kappa shape index (κ2) is 9.37. The molecule has 28 heavy (non-hydrogen) atoms. The molecule has 3 aromatic rings. The summed E-state index contributed by atoms with van der Waals surface area (Å²) in [6.07, 6.45) is 4.29. The fourth-order valence-corrected chi connectivity index (χ4v) is 3.23. The zero-order valence-electron chi connectivity index (χ0n) is 16.6. The first-order chi connectivity index (χ1) is 13.2. The van der Waals surface area contributed by atoms with E-state index in [0.717, 1.165) is 21.9 Å². The Morgan fingerprint density at radius 3 is 1.82 bits per heavy atom. The van der Waals surface area contributed by atoms with Crippen LogP contribution < -0.4 is 23.7 Å². The van der Waals surface area contributed by atoms with Gasteiger partial charge in [0.1, 0.15) is 0 Å². The van der Waals surface area contributed by atoms with Crippen LogP contribution in [0, 0.1) is 0 Å². The van der Waals surface area contributed by atoms with Crippen molar-refractivity contribution in [2.45, 2.75) is 6.42 Å². The minimum Gasteiger partial charge on any atom is -0.493 e. The molecule has 0 N–H and O–H groups in total. The first-order valence-electron chi connectivity index (χ1n) is 8.43. The zero-order chi connectivity index (χ0) is 19.4. The fourth-order valence-electron chi connectivity index (χ4n) is 3.23. The number of fused-ring (bicyclic) bond motifs is 1. The van der Waals surface area contributed by atoms with Crippen molar-refractivity contribution in [2.24, 2.45) is 0 Å². The maximum Gasteiger partial charge on any atom is 0.203 e. The number of methoxy groups -OCH3 is 5. The van der Waals surface area contributed by atoms with Crippen LogP contribution in [0.2, 0.25) is 0 Å². The van der Waals surface area contributed by atoms with Gasteiger partial charge in [0.05, 0.1) is 35.5 Å². The third-order valence-corrected chi connectivity index (χ3v) is 4.48. The zero-order valence-corrected chi connectivity index (χ0v) is 17.4. The van der Waals surface area contributed by atoms with Gasteiger partial charge in [0.15, 0.2) is 23.0 Å². The molecule has 0 saturated carbocycles. The quantitative estimate of drug-likeness (QED) is 0.584. The lowest BCUT2D eigenvalue weighted by atomic mass is 9.99. The molecule has 0 fully saturated rings. The Morgan fingerprint density at radius 1 is 0.679 bits per heavy atom. The Balaban J connectivity index is 0.00000280. The molecule has 6 nitrogen and oxygen atoms in total. The van der Waals surface area contributed by atoms with Gasteiger partial charge in [0.2, 0.25) is 5.75 Å². The lowest BCUT2D eigenvalue weighted by Gasteiger charge is -2.15. The molecular formula is C21H24ClNO5. The molecule has 0 aliphatic heterocycles. The molecule has 0 aliphatic carbocycles. The third kappa shape index (κ3) is 3.87. The van der Waals surface area contributed by atoms with E-state index < -0.39 is 0 Å². The van der Waals surface area contributed by atoms with Crippen molar-refractivity contribution in [3.05, 3.63) is 47.8 Å². The molecule has 7 heteroatoms. The lowest BCUT2D eigenvalue weighted by molar-refractivity contribution is 0.324. The van der Waals surface area contributed by atoms with E-state index in [0.29, 0.717) is 35.2 Å². The Morgan fingerprint density at radius 2 is 1.29 bits per heavy atom. The van der Waals surface area contributed by atoms with Crippen molar-refractivity contribution < 1.29 is 23.7 Å². The van der Waals surface area contributed by atoms with Crippen molar-refractivity contribution >= 4 is 23.2 Å². The Hall–Kier alpha value is -2.86. The summed E-state index contributed by atoms with van der Waals surface area (Å²) in [4.78, 5) is 4.39. The van der Waals surface area contributed by atoms with Gasteiger partial charge in [0.25, 0.3) is 0 Å². The molecule has 0 radical (unpaired) electrons. The van der Waals surface area contributed by atoms with E-state index in [9.17, 15) is 0 Å². The number of hydrogen-bond donors (Lipinski definition) is 0. The Bertz CT molecular complexity index is 936. The van der Waals surface area contributed by atoms with E-state index in [2.05, 4.69) is 4.98 Å². The van der Waals surface area contributed by atoms with Crippen molar-refractivity contribution in [1.82, 2.24) is 4.98 Å². The van der Waals surface area contributed by atoms with Crippen molar-refractivity contribution in [2.75, 3.05) is 35.5 Å². The second-order valence-electron chi connectivity index (χ2n) is 5.91. The smallest absolute Gasteiger partial charge is 0.203 e. The van der Waals surface area contributed by atoms with Gasteiger partial charge in [-0.1, -0.05) is 6.07 Å². The molecule has 1 aromatic heterocycles. The molecule has 3 rings (SSSR count). The van der Waals surface area contributed by atoms with E-state index in [4.69, 9.17) is 23.7 Å². The highest BCUT2D eigenvalue weighted by Crippen LogP contribution is 2.40. The van der Waals surface area contributed by atoms with E-state index in [1.165, 1.54) is 0 Å². The Kier molecular flexibility index (Phi) is 7.18. The summed E-state index contributed by atoms with van der Waals surface area (Å²) in [5.41, 5.74) is 2.08. The molecule has 2 aromatic carbocycles. The number of benzene rings is 2. The maximum absolute atomic E-state index is 5.54. The highest BCUT2D eigenvalue weighted by Gasteiger charge is 2.16. The van der Waals surface area contributed by atoms with Gasteiger partial charge in [0, 0.05) is 17.8 Å². The molecule has 0 saturated heterocycles. The number of aromatic nitrogens is 1. The molecular weight excluding hydrogens is 382 g/mol. The number of nitrogens with zero attached hydrogens (tertiary/aromatic N) is 1. The van der Waals surface area contributed by atoms with E-state index in [1.807, 2.05) is 30.5 Å². The van der Waals surface area contributed by atoms with Crippen LogP contribution >= 0.6 is 12.4 Å². The van der Waals surface area contributed by atoms with E-state index in [-0.39, 0.29) is 12.4 Å². The number of rotatable bonds is 7. The number of hydrogen-bond acceptors (Lipinski definition) is 6. The predicted octanol–water partition coefficient (Wildman–Crippen LogP) is 4.29. The Labute approximate surface area is 170 Å². The standard InChI is InChI=1S/C21H23NO5.ClH/c1-23-17-7-6-15-14(11-22-12-16(15)20(17)26-4)8-13-9-18(24-2)21(27-5)19(10-13)25-3;/h6-7,9-12H,8H2,1-5H3;1H. The predicted molar refractivity (Wildman–Crippen MR) is 111 cm³/mol. The number of pyridine rings is 1. The maximum atomic E-state index is 5.54. The summed E-state index contributed by atoms with van der Waals surface area (Å²) in [5, 5.41) is 1.96. The van der Waals surface area contributed by atoms with Crippen LogP contribution in [0.25, 0.3) is 10.8 Å². The first kappa shape index (κ1) is 21.4. The molecule has 150 valence electrons. The summed E-state index contributed by atoms with van der Waals surface area (Å²) in [7, 11) is 8.06. The second-order valence-corrected chi connectivity index (χ2v) is 5.91. The molecule has 0 unspecified atom stereocenters. The molecule has 0 atom stereocenters. The van der Waals surface area contributed by atoms with Gasteiger partial charge in [-0.05, 0) is 41.1 Å². The molecule has 0 amide bonds. The van der Waals surface area contributed by atoms with Gasteiger partial charge < -0.3 is 23.7 Å². The van der Waals surface area contributed by atoms with Gasteiger partial charge in [-0.2, -0.15) is 0 Å². The monoisotopic (exact) mass is 405 g/mol. The SMILES string of the molecule is COc1cc(Cc2cncc3c(OC)c(OC)ccc23)cc(OC)c1OC.Cl. The van der Waals surface area contributed by atoms with Gasteiger partial charge in [-0.15, -0.1) is 12.4 Å². The minimum absolute atomic E-state index is 0. The van der Waals surface area contributed by atoms with Crippen LogP contribution in [0.15, 0.2) is 36.7 Å². The highest BCUT2D eigenvalue weighted by atomic mass is 35.5. The van der Waals surface area contributed by atoms with E-state index in [1.54, 1.807) is 41.7 Å². The van der Waals surface area contributed by atoms with Crippen LogP contribution in [0.3, 0.4) is 0 Å². The average Bonchev–Trinajstić information content (AvgIpc) is 2.72. The van der Waals surface area contributed by atoms with Crippen LogP contribution in [0.5, 0.6) is 28.7 Å². The summed E-state index contributed by atoms with van der Waals surface area (Å²) in [6, 6.07) is 7.81. The summed E-state index contributed by atoms with van der Waals surface area (Å²) in [6.45, 7) is 0. The molecule has 0 spiro atoms. The largest absolute Gasteiger partial charge is 0.493 e. The number of halogens is 1. The molecule has 0 aliphatic rings. The van der Waals surface area contributed by atoms with Crippen molar-refractivity contribution in [1.29, 1.82) is 0 Å². The van der Waals surface area contributed by atoms with Crippen LogP contribution in [0.4, 0.5) is 0 Å². The number of ether oxygens (including phenoxy) is 5. The van der Waals surface area contributed by atoms with Crippen LogP contribution in [-0.4, -0.2) is 40.5 Å². The lowest BCUT2D eigenvalue weighted by Crippen LogP contribution is -1.99. The molecule has 0 bridgehead atoms. The third-order valence-electron chi connectivity index (χ3n) is 4.48. The van der Waals surface area contributed by atoms with Crippen molar-refractivity contribution in [3.63, 3.8) is 0 Å². The average molecular weight is 406 g/mol. The van der Waals surface area contributed by atoms with Gasteiger partial charge >= 0.3 is 0 Å². The summed E-state index contributed by atoms with van der Waals surface area (Å²) < 4.78 is 27.2. The van der Waals surface area contributed by atoms with Crippen LogP contribution in [-0.2, 0) is 6.42 Å². The van der Waals surface area contributed by atoms with Crippen molar-refractivity contribution in [3.8, 4) is 28.7 Å². The highest BCUT2D eigenvalue weighted by molar-refractivity contribution is 5.92. The topological polar surface area (TPSA) is 59.0 Å². The molecule has 1 heterocycles. The van der Waals surface area contributed by atoms with Gasteiger partial charge in [-0.3, -0.25) is 4.98 Å². The minimum atomic E-state index is 0. The van der Waals surface area contributed by atoms with E-state index >= 15 is 0 Å². The first-order valence-corrected chi connectivity index (χ1v) is 8.43. The summed E-state index contributed by atoms with van der Waals surface area (Å²) >= 11 is 0. The summed E-state index contributed by atoms with van der Waals surface area (Å²) in [5.74, 6) is 3.18. The normalized spacial score (nSPS) is 10.2. The fraction of sp³-hybridized carbons (Fsp3) is 0.286. The van der Waals surface area contributed by atoms with Gasteiger partial charge in [-0.25, -0.2) is 0 Å².